The molecular formula is C23H22N4O2. The summed E-state index contributed by atoms with van der Waals surface area (Å²) in [5, 5.41) is 0.908. The van der Waals surface area contributed by atoms with Gasteiger partial charge in [-0.05, 0) is 30.5 Å². The summed E-state index contributed by atoms with van der Waals surface area (Å²) in [5.41, 5.74) is 3.20. The number of para-hydroxylation sites is 1. The number of rotatable bonds is 4. The molecule has 2 aromatic carbocycles. The highest BCUT2D eigenvalue weighted by Crippen LogP contribution is 2.34. The maximum absolute atomic E-state index is 13.2. The molecule has 3 heterocycles. The van der Waals surface area contributed by atoms with Crippen LogP contribution in [0, 0.1) is 0 Å². The van der Waals surface area contributed by atoms with Gasteiger partial charge in [0.1, 0.15) is 11.1 Å². The van der Waals surface area contributed by atoms with Crippen molar-refractivity contribution in [2.24, 2.45) is 0 Å². The van der Waals surface area contributed by atoms with Gasteiger partial charge in [-0.2, -0.15) is 0 Å². The van der Waals surface area contributed by atoms with Crippen LogP contribution in [0.15, 0.2) is 59.0 Å². The van der Waals surface area contributed by atoms with Crippen LogP contribution in [-0.4, -0.2) is 40.9 Å². The van der Waals surface area contributed by atoms with E-state index in [1.54, 1.807) is 11.9 Å². The largest absolute Gasteiger partial charge is 0.450 e. The fraction of sp³-hybridized carbons (Fsp3) is 0.261. The molecule has 29 heavy (non-hydrogen) atoms. The molecule has 1 saturated heterocycles. The topological polar surface area (TPSA) is 62.5 Å². The van der Waals surface area contributed by atoms with Crippen molar-refractivity contribution >= 4 is 33.8 Å². The molecule has 1 aliphatic rings. The van der Waals surface area contributed by atoms with E-state index in [2.05, 4.69) is 14.9 Å². The molecule has 6 heteroatoms. The average Bonchev–Trinajstić information content (AvgIpc) is 3.41. The van der Waals surface area contributed by atoms with Gasteiger partial charge in [0.05, 0.1) is 0 Å². The first-order valence-corrected chi connectivity index (χ1v) is 9.94. The molecule has 0 N–H and O–H groups in total. The lowest BCUT2D eigenvalue weighted by Gasteiger charge is -2.19. The Bertz CT molecular complexity index is 1180. The predicted molar refractivity (Wildman–Crippen MR) is 113 cm³/mol. The number of hydrogen-bond donors (Lipinski definition) is 0. The first-order chi connectivity index (χ1) is 14.2. The van der Waals surface area contributed by atoms with Gasteiger partial charge in [-0.15, -0.1) is 0 Å². The Balaban J connectivity index is 1.59. The Morgan fingerprint density at radius 3 is 2.55 bits per heavy atom. The van der Waals surface area contributed by atoms with Crippen LogP contribution in [0.1, 0.15) is 29.0 Å². The SMILES string of the molecule is CN(Cc1ccccc1)C(=O)c1nc(N2CCCC2)c2oc3ccccc3c2n1. The molecule has 5 rings (SSSR count). The third-order valence-corrected chi connectivity index (χ3v) is 5.41. The van der Waals surface area contributed by atoms with Gasteiger partial charge in [-0.25, -0.2) is 9.97 Å². The molecule has 0 saturated carbocycles. The van der Waals surface area contributed by atoms with E-state index < -0.39 is 0 Å². The maximum Gasteiger partial charge on any atom is 0.291 e. The molecule has 1 amide bonds. The molecule has 0 bridgehead atoms. The number of nitrogens with zero attached hydrogens (tertiary/aromatic N) is 4. The molecule has 1 aliphatic heterocycles. The molecule has 0 radical (unpaired) electrons. The van der Waals surface area contributed by atoms with Crippen LogP contribution in [0.4, 0.5) is 5.82 Å². The lowest BCUT2D eigenvalue weighted by atomic mass is 10.2. The summed E-state index contributed by atoms with van der Waals surface area (Å²) >= 11 is 0. The van der Waals surface area contributed by atoms with E-state index in [0.29, 0.717) is 17.6 Å². The van der Waals surface area contributed by atoms with Gasteiger partial charge >= 0.3 is 0 Å². The number of aromatic nitrogens is 2. The number of benzene rings is 2. The summed E-state index contributed by atoms with van der Waals surface area (Å²) in [4.78, 5) is 26.3. The first kappa shape index (κ1) is 17.7. The molecule has 0 atom stereocenters. The van der Waals surface area contributed by atoms with Crippen molar-refractivity contribution in [1.29, 1.82) is 0 Å². The fourth-order valence-electron chi connectivity index (χ4n) is 3.92. The van der Waals surface area contributed by atoms with E-state index in [9.17, 15) is 4.79 Å². The number of fused-ring (bicyclic) bond motifs is 3. The third-order valence-electron chi connectivity index (χ3n) is 5.41. The fourth-order valence-corrected chi connectivity index (χ4v) is 3.92. The van der Waals surface area contributed by atoms with Gasteiger partial charge in [0.15, 0.2) is 11.4 Å². The minimum atomic E-state index is -0.193. The number of furan rings is 1. The van der Waals surface area contributed by atoms with E-state index in [4.69, 9.17) is 4.42 Å². The molecule has 0 unspecified atom stereocenters. The molecule has 1 fully saturated rings. The van der Waals surface area contributed by atoms with Gasteiger partial charge in [-0.1, -0.05) is 42.5 Å². The lowest BCUT2D eigenvalue weighted by Crippen LogP contribution is -2.29. The van der Waals surface area contributed by atoms with E-state index in [-0.39, 0.29) is 11.7 Å². The third kappa shape index (κ3) is 3.20. The van der Waals surface area contributed by atoms with Gasteiger partial charge in [0.25, 0.3) is 5.91 Å². The summed E-state index contributed by atoms with van der Waals surface area (Å²) in [5.74, 6) is 0.742. The van der Waals surface area contributed by atoms with Gasteiger partial charge in [0.2, 0.25) is 5.82 Å². The average molecular weight is 386 g/mol. The van der Waals surface area contributed by atoms with Crippen molar-refractivity contribution in [3.8, 4) is 0 Å². The number of hydrogen-bond acceptors (Lipinski definition) is 5. The molecule has 0 aliphatic carbocycles. The van der Waals surface area contributed by atoms with Crippen LogP contribution < -0.4 is 4.90 Å². The molecule has 0 spiro atoms. The Morgan fingerprint density at radius 2 is 1.76 bits per heavy atom. The zero-order valence-corrected chi connectivity index (χ0v) is 16.3. The van der Waals surface area contributed by atoms with E-state index in [1.807, 2.05) is 54.6 Å². The molecule has 4 aromatic rings. The smallest absolute Gasteiger partial charge is 0.291 e. The van der Waals surface area contributed by atoms with Crippen LogP contribution in [-0.2, 0) is 6.54 Å². The number of amides is 1. The van der Waals surface area contributed by atoms with Crippen molar-refractivity contribution in [3.05, 3.63) is 66.0 Å². The van der Waals surface area contributed by atoms with Crippen molar-refractivity contribution in [2.45, 2.75) is 19.4 Å². The highest BCUT2D eigenvalue weighted by Gasteiger charge is 2.25. The van der Waals surface area contributed by atoms with Crippen LogP contribution in [0.25, 0.3) is 22.1 Å². The first-order valence-electron chi connectivity index (χ1n) is 9.94. The standard InChI is InChI=1S/C23H22N4O2/c1-26(15-16-9-3-2-4-10-16)23(28)21-24-19-17-11-5-6-12-18(17)29-20(19)22(25-21)27-13-7-8-14-27/h2-6,9-12H,7-8,13-15H2,1H3. The Kier molecular flexibility index (Phi) is 4.39. The Labute approximate surface area is 168 Å². The van der Waals surface area contributed by atoms with Crippen LogP contribution in [0.2, 0.25) is 0 Å². The van der Waals surface area contributed by atoms with E-state index in [1.165, 1.54) is 0 Å². The highest BCUT2D eigenvalue weighted by molar-refractivity contribution is 6.07. The predicted octanol–water partition coefficient (Wildman–Crippen LogP) is 4.25. The molecular weight excluding hydrogens is 364 g/mol. The quantitative estimate of drug-likeness (QED) is 0.525. The van der Waals surface area contributed by atoms with Gasteiger partial charge in [-0.3, -0.25) is 4.79 Å². The highest BCUT2D eigenvalue weighted by atomic mass is 16.3. The van der Waals surface area contributed by atoms with Crippen LogP contribution in [0.3, 0.4) is 0 Å². The maximum atomic E-state index is 13.2. The van der Waals surface area contributed by atoms with E-state index >= 15 is 0 Å². The molecule has 146 valence electrons. The minimum Gasteiger partial charge on any atom is -0.450 e. The van der Waals surface area contributed by atoms with Gasteiger partial charge in [0, 0.05) is 32.1 Å². The number of carbonyl (C=O) groups excluding carboxylic acids is 1. The Hall–Kier alpha value is -3.41. The zero-order valence-electron chi connectivity index (χ0n) is 16.3. The zero-order chi connectivity index (χ0) is 19.8. The summed E-state index contributed by atoms with van der Waals surface area (Å²) in [6, 6.07) is 17.7. The molecule has 2 aromatic heterocycles. The summed E-state index contributed by atoms with van der Waals surface area (Å²) in [7, 11) is 1.78. The normalized spacial score (nSPS) is 14.0. The van der Waals surface area contributed by atoms with Gasteiger partial charge < -0.3 is 14.2 Å². The number of anilines is 1. The van der Waals surface area contributed by atoms with Crippen LogP contribution in [0.5, 0.6) is 0 Å². The second-order valence-corrected chi connectivity index (χ2v) is 7.49. The second kappa shape index (κ2) is 7.20. The summed E-state index contributed by atoms with van der Waals surface area (Å²) in [6.45, 7) is 2.33. The second-order valence-electron chi connectivity index (χ2n) is 7.49. The molecule has 6 nitrogen and oxygen atoms in total. The minimum absolute atomic E-state index is 0.193. The summed E-state index contributed by atoms with van der Waals surface area (Å²) < 4.78 is 6.10. The number of carbonyl (C=O) groups is 1. The van der Waals surface area contributed by atoms with Crippen molar-refractivity contribution < 1.29 is 9.21 Å². The van der Waals surface area contributed by atoms with Crippen molar-refractivity contribution in [1.82, 2.24) is 14.9 Å². The monoisotopic (exact) mass is 386 g/mol. The van der Waals surface area contributed by atoms with E-state index in [0.717, 1.165) is 48.3 Å². The summed E-state index contributed by atoms with van der Waals surface area (Å²) in [6.07, 6.45) is 2.23. The lowest BCUT2D eigenvalue weighted by molar-refractivity contribution is 0.0773. The van der Waals surface area contributed by atoms with Crippen LogP contribution >= 0.6 is 0 Å². The van der Waals surface area contributed by atoms with Crippen molar-refractivity contribution in [2.75, 3.05) is 25.0 Å². The van der Waals surface area contributed by atoms with Crippen molar-refractivity contribution in [3.63, 3.8) is 0 Å². The Morgan fingerprint density at radius 1 is 1.03 bits per heavy atom.